The number of carbonyl (C=O) groups excluding carboxylic acids is 3. The molecule has 4 amide bonds. The lowest BCUT2D eigenvalue weighted by atomic mass is 10.1. The van der Waals surface area contributed by atoms with Gasteiger partial charge in [0.05, 0.1) is 11.4 Å². The number of hydrogen-bond donors (Lipinski definition) is 1. The zero-order chi connectivity index (χ0) is 25.7. The zero-order valence-electron chi connectivity index (χ0n) is 18.8. The molecule has 184 valence electrons. The van der Waals surface area contributed by atoms with Gasteiger partial charge < -0.3 is 10.1 Å². The highest BCUT2D eigenvalue weighted by molar-refractivity contribution is 6.32. The third kappa shape index (κ3) is 4.02. The summed E-state index contributed by atoms with van der Waals surface area (Å²) in [6.45, 7) is 1.83. The van der Waals surface area contributed by atoms with Crippen LogP contribution in [0.25, 0.3) is 0 Å². The minimum atomic E-state index is -4.86. The lowest BCUT2D eigenvalue weighted by molar-refractivity contribution is -0.274. The molecule has 2 aliphatic rings. The van der Waals surface area contributed by atoms with Crippen LogP contribution in [-0.4, -0.2) is 34.7 Å². The largest absolute Gasteiger partial charge is 0.573 e. The fourth-order valence-corrected chi connectivity index (χ4v) is 4.43. The fraction of sp³-hybridized carbons (Fsp3) is 0.200. The molecular formula is C25H19F3N4O4. The highest BCUT2D eigenvalue weighted by atomic mass is 19.4. The number of aromatic nitrogens is 1. The Labute approximate surface area is 203 Å². The first-order valence-corrected chi connectivity index (χ1v) is 11.0. The summed E-state index contributed by atoms with van der Waals surface area (Å²) in [4.78, 5) is 46.0. The molecule has 2 fully saturated rings. The Morgan fingerprint density at radius 3 is 2.33 bits per heavy atom. The van der Waals surface area contributed by atoms with Crippen LogP contribution in [0, 0.1) is 5.92 Å². The summed E-state index contributed by atoms with van der Waals surface area (Å²) in [5.74, 6) is -1.62. The van der Waals surface area contributed by atoms with E-state index in [1.165, 1.54) is 35.4 Å². The highest BCUT2D eigenvalue weighted by Gasteiger charge is 2.70. The number of rotatable bonds is 5. The van der Waals surface area contributed by atoms with Gasteiger partial charge in [0.25, 0.3) is 11.8 Å². The molecule has 0 bridgehead atoms. The molecule has 8 nitrogen and oxygen atoms in total. The van der Waals surface area contributed by atoms with Gasteiger partial charge in [0.1, 0.15) is 17.0 Å². The van der Waals surface area contributed by atoms with Crippen LogP contribution >= 0.6 is 0 Å². The van der Waals surface area contributed by atoms with Crippen LogP contribution in [0.1, 0.15) is 23.8 Å². The zero-order valence-corrected chi connectivity index (χ0v) is 18.8. The maximum Gasteiger partial charge on any atom is 0.573 e. The summed E-state index contributed by atoms with van der Waals surface area (Å²) >= 11 is 0. The van der Waals surface area contributed by atoms with Crippen molar-refractivity contribution in [2.45, 2.75) is 25.2 Å². The van der Waals surface area contributed by atoms with Gasteiger partial charge in [-0.3, -0.25) is 19.5 Å². The number of amides is 4. The molecule has 2 heterocycles. The van der Waals surface area contributed by atoms with Gasteiger partial charge in [-0.15, -0.1) is 13.2 Å². The minimum Gasteiger partial charge on any atom is -0.406 e. The second-order valence-electron chi connectivity index (χ2n) is 8.55. The van der Waals surface area contributed by atoms with Gasteiger partial charge in [-0.1, -0.05) is 25.1 Å². The van der Waals surface area contributed by atoms with Crippen LogP contribution in [-0.2, 0) is 4.79 Å². The molecule has 5 rings (SSSR count). The van der Waals surface area contributed by atoms with E-state index >= 15 is 0 Å². The fourth-order valence-electron chi connectivity index (χ4n) is 4.43. The summed E-state index contributed by atoms with van der Waals surface area (Å²) in [5, 5.41) is 2.72. The molecule has 1 aliphatic carbocycles. The van der Waals surface area contributed by atoms with Gasteiger partial charge in [0.15, 0.2) is 0 Å². The van der Waals surface area contributed by atoms with E-state index in [1.54, 1.807) is 24.3 Å². The Hall–Kier alpha value is -4.41. The third-order valence-electron chi connectivity index (χ3n) is 6.22. The normalized spacial score (nSPS) is 21.2. The first-order valence-electron chi connectivity index (χ1n) is 11.0. The number of benzene rings is 2. The van der Waals surface area contributed by atoms with E-state index in [0.29, 0.717) is 17.8 Å². The van der Waals surface area contributed by atoms with Crippen molar-refractivity contribution < 1.29 is 32.3 Å². The van der Waals surface area contributed by atoms with Gasteiger partial charge in [-0.25, -0.2) is 9.69 Å². The van der Waals surface area contributed by atoms with E-state index in [-0.39, 0.29) is 17.3 Å². The molecule has 2 unspecified atom stereocenters. The van der Waals surface area contributed by atoms with Crippen LogP contribution in [0.5, 0.6) is 5.75 Å². The average Bonchev–Trinajstić information content (AvgIpc) is 3.45. The van der Waals surface area contributed by atoms with Crippen molar-refractivity contribution >= 4 is 34.9 Å². The first-order chi connectivity index (χ1) is 17.1. The Kier molecular flexibility index (Phi) is 5.42. The van der Waals surface area contributed by atoms with Gasteiger partial charge in [0.2, 0.25) is 0 Å². The molecule has 0 radical (unpaired) electrons. The van der Waals surface area contributed by atoms with Crippen LogP contribution in [0.4, 0.5) is 35.0 Å². The molecule has 2 aromatic carbocycles. The van der Waals surface area contributed by atoms with Gasteiger partial charge >= 0.3 is 12.4 Å². The molecule has 1 saturated carbocycles. The molecular weight excluding hydrogens is 477 g/mol. The summed E-state index contributed by atoms with van der Waals surface area (Å²) in [6, 6.07) is 15.6. The topological polar surface area (TPSA) is 91.8 Å². The molecule has 11 heteroatoms. The number of halogens is 3. The van der Waals surface area contributed by atoms with Crippen molar-refractivity contribution in [3.05, 3.63) is 78.6 Å². The van der Waals surface area contributed by atoms with Crippen molar-refractivity contribution in [1.29, 1.82) is 0 Å². The van der Waals surface area contributed by atoms with Crippen LogP contribution in [0.15, 0.2) is 72.9 Å². The number of imide groups is 1. The van der Waals surface area contributed by atoms with Crippen LogP contribution in [0.3, 0.4) is 0 Å². The van der Waals surface area contributed by atoms with Gasteiger partial charge in [0, 0.05) is 11.9 Å². The van der Waals surface area contributed by atoms with Crippen molar-refractivity contribution in [3.63, 3.8) is 0 Å². The number of alkyl halides is 3. The number of hydrogen-bond acceptors (Lipinski definition) is 5. The number of ether oxygens (including phenoxy) is 1. The smallest absolute Gasteiger partial charge is 0.406 e. The molecule has 1 aliphatic heterocycles. The van der Waals surface area contributed by atoms with Crippen molar-refractivity contribution in [2.75, 3.05) is 15.1 Å². The first kappa shape index (κ1) is 23.3. The maximum absolute atomic E-state index is 13.5. The van der Waals surface area contributed by atoms with E-state index in [0.717, 1.165) is 17.0 Å². The molecule has 1 spiro atoms. The average molecular weight is 496 g/mol. The van der Waals surface area contributed by atoms with Gasteiger partial charge in [-0.2, -0.15) is 0 Å². The van der Waals surface area contributed by atoms with E-state index in [9.17, 15) is 27.6 Å². The van der Waals surface area contributed by atoms with Crippen molar-refractivity contribution in [2.24, 2.45) is 5.92 Å². The number of carbonyl (C=O) groups is 3. The van der Waals surface area contributed by atoms with Crippen molar-refractivity contribution in [3.8, 4) is 5.75 Å². The van der Waals surface area contributed by atoms with E-state index in [4.69, 9.17) is 0 Å². The molecule has 36 heavy (non-hydrogen) atoms. The lowest BCUT2D eigenvalue weighted by Crippen LogP contribution is -2.39. The maximum atomic E-state index is 13.5. The number of anilines is 3. The molecule has 1 aromatic heterocycles. The number of pyridine rings is 1. The number of nitrogens with one attached hydrogen (secondary N) is 1. The Balaban J connectivity index is 1.44. The van der Waals surface area contributed by atoms with E-state index in [1.807, 2.05) is 13.0 Å². The summed E-state index contributed by atoms with van der Waals surface area (Å²) in [6.07, 6.45) is -3.09. The van der Waals surface area contributed by atoms with Crippen LogP contribution in [0.2, 0.25) is 0 Å². The standard InChI is InChI=1S/C25H19F3N4O4/c1-15-14-24(15)22(34)31(17-7-9-19(10-8-17)36-25(26,27)28)23(35)32(24)18-11-12-29-20(13-18)21(33)30-16-5-3-2-4-6-16/h2-13,15H,14H2,1H3,(H,30,33). The molecule has 2 atom stereocenters. The summed E-state index contributed by atoms with van der Waals surface area (Å²) in [5.41, 5.74) is -0.111. The van der Waals surface area contributed by atoms with Gasteiger partial charge in [-0.05, 0) is 60.9 Å². The predicted octanol–water partition coefficient (Wildman–Crippen LogP) is 4.98. The molecule has 3 aromatic rings. The SMILES string of the molecule is CC1CC12C(=O)N(c1ccc(OC(F)(F)F)cc1)C(=O)N2c1ccnc(C(=O)Nc2ccccc2)c1. The number of para-hydroxylation sites is 1. The Bertz CT molecular complexity index is 1350. The highest BCUT2D eigenvalue weighted by Crippen LogP contribution is 2.55. The van der Waals surface area contributed by atoms with Crippen LogP contribution < -0.4 is 19.9 Å². The summed E-state index contributed by atoms with van der Waals surface area (Å²) in [7, 11) is 0. The molecule has 1 saturated heterocycles. The quantitative estimate of drug-likeness (QED) is 0.503. The number of nitrogens with zero attached hydrogens (tertiary/aromatic N) is 3. The third-order valence-corrected chi connectivity index (χ3v) is 6.22. The second kappa shape index (κ2) is 8.36. The lowest BCUT2D eigenvalue weighted by Gasteiger charge is -2.22. The monoisotopic (exact) mass is 496 g/mol. The second-order valence-corrected chi connectivity index (χ2v) is 8.55. The molecule has 1 N–H and O–H groups in total. The van der Waals surface area contributed by atoms with E-state index in [2.05, 4.69) is 15.0 Å². The predicted molar refractivity (Wildman–Crippen MR) is 124 cm³/mol. The number of urea groups is 1. The Morgan fingerprint density at radius 2 is 1.72 bits per heavy atom. The Morgan fingerprint density at radius 1 is 1.06 bits per heavy atom. The minimum absolute atomic E-state index is 0.0483. The van der Waals surface area contributed by atoms with E-state index < -0.39 is 35.5 Å². The van der Waals surface area contributed by atoms with Crippen molar-refractivity contribution in [1.82, 2.24) is 4.98 Å². The summed E-state index contributed by atoms with van der Waals surface area (Å²) < 4.78 is 41.3.